The first-order valence-corrected chi connectivity index (χ1v) is 5.76. The van der Waals surface area contributed by atoms with Crippen molar-refractivity contribution in [3.05, 3.63) is 51.8 Å². The average Bonchev–Trinajstić information content (AvgIpc) is 2.43. The third-order valence-corrected chi connectivity index (χ3v) is 2.28. The van der Waals surface area contributed by atoms with Crippen molar-refractivity contribution in [2.45, 2.75) is 6.92 Å². The van der Waals surface area contributed by atoms with Gasteiger partial charge in [0.1, 0.15) is 13.2 Å². The molecular formula is C13H12FNO6. The third-order valence-electron chi connectivity index (χ3n) is 2.28. The van der Waals surface area contributed by atoms with Gasteiger partial charge in [-0.25, -0.2) is 9.59 Å². The second-order valence-corrected chi connectivity index (χ2v) is 3.98. The number of rotatable bonds is 6. The van der Waals surface area contributed by atoms with E-state index in [1.165, 1.54) is 6.92 Å². The van der Waals surface area contributed by atoms with E-state index in [1.54, 1.807) is 0 Å². The molecule has 1 rings (SSSR count). The molecule has 0 saturated heterocycles. The molecule has 1 aromatic rings. The van der Waals surface area contributed by atoms with Gasteiger partial charge in [0.05, 0.1) is 10.5 Å². The van der Waals surface area contributed by atoms with E-state index in [0.29, 0.717) is 0 Å². The summed E-state index contributed by atoms with van der Waals surface area (Å²) >= 11 is 0. The highest BCUT2D eigenvalue weighted by molar-refractivity contribution is 5.90. The molecule has 0 atom stereocenters. The van der Waals surface area contributed by atoms with Gasteiger partial charge in [0, 0.05) is 11.6 Å². The van der Waals surface area contributed by atoms with Gasteiger partial charge in [-0.3, -0.25) is 10.1 Å². The van der Waals surface area contributed by atoms with Crippen LogP contribution in [-0.2, 0) is 14.3 Å². The molecule has 21 heavy (non-hydrogen) atoms. The van der Waals surface area contributed by atoms with E-state index in [4.69, 9.17) is 4.74 Å². The van der Waals surface area contributed by atoms with Crippen LogP contribution in [0.4, 0.5) is 10.1 Å². The molecule has 0 heterocycles. The van der Waals surface area contributed by atoms with E-state index in [2.05, 4.69) is 11.3 Å². The van der Waals surface area contributed by atoms with Gasteiger partial charge in [0.2, 0.25) is 5.82 Å². The number of nitro benzene ring substituents is 1. The highest BCUT2D eigenvalue weighted by atomic mass is 19.1. The van der Waals surface area contributed by atoms with Crippen LogP contribution in [0.2, 0.25) is 0 Å². The second kappa shape index (κ2) is 7.13. The minimum atomic E-state index is -1.05. The summed E-state index contributed by atoms with van der Waals surface area (Å²) in [6.07, 6.45) is 0. The first kappa shape index (κ1) is 16.3. The normalized spacial score (nSPS) is 9.81. The molecule has 8 heteroatoms. The maximum absolute atomic E-state index is 13.1. The Morgan fingerprint density at radius 2 is 1.95 bits per heavy atom. The van der Waals surface area contributed by atoms with Crippen LogP contribution in [-0.4, -0.2) is 30.1 Å². The molecule has 7 nitrogen and oxygen atoms in total. The van der Waals surface area contributed by atoms with Gasteiger partial charge in [-0.15, -0.1) is 0 Å². The predicted molar refractivity (Wildman–Crippen MR) is 69.1 cm³/mol. The van der Waals surface area contributed by atoms with Crippen molar-refractivity contribution in [3.63, 3.8) is 0 Å². The molecule has 0 unspecified atom stereocenters. The zero-order chi connectivity index (χ0) is 16.0. The maximum atomic E-state index is 13.1. The van der Waals surface area contributed by atoms with Crippen LogP contribution in [0, 0.1) is 15.9 Å². The predicted octanol–water partition coefficient (Wildman–Crippen LogP) is 2.01. The zero-order valence-corrected chi connectivity index (χ0v) is 11.1. The Bertz CT molecular complexity index is 598. The lowest BCUT2D eigenvalue weighted by molar-refractivity contribution is -0.387. The Morgan fingerprint density at radius 3 is 2.52 bits per heavy atom. The van der Waals surface area contributed by atoms with Crippen LogP contribution in [0.3, 0.4) is 0 Å². The fraction of sp³-hybridized carbons (Fsp3) is 0.231. The molecule has 0 saturated carbocycles. The summed E-state index contributed by atoms with van der Waals surface area (Å²) in [5.41, 5.74) is -0.789. The highest BCUT2D eigenvalue weighted by Gasteiger charge is 2.18. The molecule has 0 aliphatic carbocycles. The number of carbonyl (C=O) groups excluding carboxylic acids is 2. The number of ether oxygens (including phenoxy) is 2. The molecule has 0 fully saturated rings. The number of halogens is 1. The zero-order valence-electron chi connectivity index (χ0n) is 11.1. The standard InChI is InChI=1S/C13H12FNO6/c1-8(2)12(16)20-5-6-21-13(17)9-3-4-10(14)11(7-9)15(18)19/h3-4,7H,1,5-6H2,2H3. The molecule has 0 N–H and O–H groups in total. The van der Waals surface area contributed by atoms with Crippen LogP contribution in [0.1, 0.15) is 17.3 Å². The number of benzene rings is 1. The fourth-order valence-corrected chi connectivity index (χ4v) is 1.25. The van der Waals surface area contributed by atoms with Crippen LogP contribution in [0.25, 0.3) is 0 Å². The summed E-state index contributed by atoms with van der Waals surface area (Å²) in [7, 11) is 0. The molecule has 0 bridgehead atoms. The molecule has 0 radical (unpaired) electrons. The van der Waals surface area contributed by atoms with E-state index in [-0.39, 0.29) is 24.4 Å². The fourth-order valence-electron chi connectivity index (χ4n) is 1.25. The van der Waals surface area contributed by atoms with Gasteiger partial charge in [-0.2, -0.15) is 4.39 Å². The van der Waals surface area contributed by atoms with Gasteiger partial charge < -0.3 is 9.47 Å². The molecule has 0 amide bonds. The number of nitro groups is 1. The molecule has 0 aromatic heterocycles. The number of carbonyl (C=O) groups is 2. The highest BCUT2D eigenvalue weighted by Crippen LogP contribution is 2.18. The summed E-state index contributed by atoms with van der Waals surface area (Å²) in [4.78, 5) is 32.2. The van der Waals surface area contributed by atoms with Crippen LogP contribution in [0.15, 0.2) is 30.4 Å². The quantitative estimate of drug-likeness (QED) is 0.262. The van der Waals surface area contributed by atoms with Crippen molar-refractivity contribution >= 4 is 17.6 Å². The third kappa shape index (κ3) is 4.68. The number of hydrogen-bond donors (Lipinski definition) is 0. The summed E-state index contributed by atoms with van der Waals surface area (Å²) in [6, 6.07) is 2.64. The molecule has 1 aromatic carbocycles. The lowest BCUT2D eigenvalue weighted by atomic mass is 10.2. The largest absolute Gasteiger partial charge is 0.459 e. The van der Waals surface area contributed by atoms with Gasteiger partial charge >= 0.3 is 17.6 Å². The van der Waals surface area contributed by atoms with Crippen LogP contribution >= 0.6 is 0 Å². The Kier molecular flexibility index (Phi) is 5.53. The van der Waals surface area contributed by atoms with Crippen molar-refractivity contribution in [2.24, 2.45) is 0 Å². The summed E-state index contributed by atoms with van der Waals surface area (Å²) in [5, 5.41) is 10.5. The van der Waals surface area contributed by atoms with Crippen molar-refractivity contribution in [2.75, 3.05) is 13.2 Å². The van der Waals surface area contributed by atoms with Crippen LogP contribution < -0.4 is 0 Å². The average molecular weight is 297 g/mol. The van der Waals surface area contributed by atoms with Crippen molar-refractivity contribution < 1.29 is 28.4 Å². The number of esters is 2. The van der Waals surface area contributed by atoms with Crippen molar-refractivity contribution in [1.82, 2.24) is 0 Å². The molecule has 0 aliphatic heterocycles. The summed E-state index contributed by atoms with van der Waals surface area (Å²) in [5.74, 6) is -2.56. The lowest BCUT2D eigenvalue weighted by Crippen LogP contribution is -2.14. The first-order valence-electron chi connectivity index (χ1n) is 5.76. The Morgan fingerprint density at radius 1 is 1.33 bits per heavy atom. The number of hydrogen-bond acceptors (Lipinski definition) is 6. The van der Waals surface area contributed by atoms with Gasteiger partial charge in [-0.1, -0.05) is 6.58 Å². The van der Waals surface area contributed by atoms with Gasteiger partial charge in [0.15, 0.2) is 0 Å². The maximum Gasteiger partial charge on any atom is 0.338 e. The van der Waals surface area contributed by atoms with E-state index in [1.807, 2.05) is 0 Å². The minimum Gasteiger partial charge on any atom is -0.459 e. The monoisotopic (exact) mass is 297 g/mol. The van der Waals surface area contributed by atoms with Crippen molar-refractivity contribution in [1.29, 1.82) is 0 Å². The molecule has 0 aliphatic rings. The Hall–Kier alpha value is -2.77. The first-order chi connectivity index (χ1) is 9.82. The summed E-state index contributed by atoms with van der Waals surface area (Å²) < 4.78 is 22.5. The summed E-state index contributed by atoms with van der Waals surface area (Å²) in [6.45, 7) is 4.42. The Labute approximate surface area is 119 Å². The molecule has 0 spiro atoms. The second-order valence-electron chi connectivity index (χ2n) is 3.98. The van der Waals surface area contributed by atoms with E-state index in [9.17, 15) is 24.1 Å². The topological polar surface area (TPSA) is 95.7 Å². The van der Waals surface area contributed by atoms with E-state index in [0.717, 1.165) is 18.2 Å². The van der Waals surface area contributed by atoms with Gasteiger partial charge in [-0.05, 0) is 19.1 Å². The minimum absolute atomic E-state index is 0.172. The SMILES string of the molecule is C=C(C)C(=O)OCCOC(=O)c1ccc(F)c([N+](=O)[O-])c1. The lowest BCUT2D eigenvalue weighted by Gasteiger charge is -2.06. The van der Waals surface area contributed by atoms with E-state index >= 15 is 0 Å². The van der Waals surface area contributed by atoms with Crippen LogP contribution in [0.5, 0.6) is 0 Å². The van der Waals surface area contributed by atoms with E-state index < -0.39 is 28.4 Å². The van der Waals surface area contributed by atoms with Crippen molar-refractivity contribution in [3.8, 4) is 0 Å². The molecule has 112 valence electrons. The number of nitrogens with zero attached hydrogens (tertiary/aromatic N) is 1. The molecular weight excluding hydrogens is 285 g/mol. The Balaban J connectivity index is 2.57. The smallest absolute Gasteiger partial charge is 0.338 e. The van der Waals surface area contributed by atoms with Gasteiger partial charge in [0.25, 0.3) is 0 Å².